The second kappa shape index (κ2) is 6.91. The van der Waals surface area contributed by atoms with Gasteiger partial charge in [0.2, 0.25) is 5.91 Å². The summed E-state index contributed by atoms with van der Waals surface area (Å²) in [4.78, 5) is 18.5. The van der Waals surface area contributed by atoms with Crippen molar-refractivity contribution in [3.63, 3.8) is 0 Å². The molecule has 0 N–H and O–H groups in total. The lowest BCUT2D eigenvalue weighted by molar-refractivity contribution is -0.128. The fourth-order valence-corrected chi connectivity index (χ4v) is 2.80. The molecular weight excluding hydrogens is 294 g/mol. The zero-order chi connectivity index (χ0) is 16.2. The van der Waals surface area contributed by atoms with Gasteiger partial charge in [0.15, 0.2) is 5.82 Å². The number of ether oxygens (including phenoxy) is 1. The average Bonchev–Trinajstić information content (AvgIpc) is 3.16. The van der Waals surface area contributed by atoms with Gasteiger partial charge in [-0.2, -0.15) is 4.98 Å². The fraction of sp³-hybridized carbons (Fsp3) is 0.471. The van der Waals surface area contributed by atoms with Crippen molar-refractivity contribution in [2.75, 3.05) is 13.2 Å². The summed E-state index contributed by atoms with van der Waals surface area (Å²) in [7, 11) is 0. The van der Waals surface area contributed by atoms with Crippen LogP contribution in [0.25, 0.3) is 0 Å². The lowest BCUT2D eigenvalue weighted by Crippen LogP contribution is -2.24. The van der Waals surface area contributed by atoms with E-state index >= 15 is 0 Å². The highest BCUT2D eigenvalue weighted by molar-refractivity contribution is 5.79. The number of carbonyl (C=O) groups is 1. The largest absolute Gasteiger partial charge is 0.369 e. The van der Waals surface area contributed by atoms with Crippen molar-refractivity contribution in [2.24, 2.45) is 0 Å². The maximum absolute atomic E-state index is 12.2. The molecule has 1 aromatic heterocycles. The first kappa shape index (κ1) is 15.7. The molecule has 0 bridgehead atoms. The van der Waals surface area contributed by atoms with Gasteiger partial charge in [-0.15, -0.1) is 0 Å². The molecule has 1 aliphatic heterocycles. The molecule has 3 rings (SSSR count). The lowest BCUT2D eigenvalue weighted by Gasteiger charge is -2.15. The quantitative estimate of drug-likeness (QED) is 0.820. The van der Waals surface area contributed by atoms with E-state index in [1.54, 1.807) is 0 Å². The number of likely N-dealkylation sites (tertiary alicyclic amines) is 1. The molecule has 6 nitrogen and oxygen atoms in total. The molecule has 1 aromatic carbocycles. The summed E-state index contributed by atoms with van der Waals surface area (Å²) in [6.45, 7) is 5.63. The van der Waals surface area contributed by atoms with Crippen LogP contribution in [0.5, 0.6) is 0 Å². The fourth-order valence-electron chi connectivity index (χ4n) is 2.80. The van der Waals surface area contributed by atoms with E-state index in [9.17, 15) is 4.79 Å². The maximum atomic E-state index is 12.2. The van der Waals surface area contributed by atoms with E-state index in [0.29, 0.717) is 37.8 Å². The average molecular weight is 315 g/mol. The van der Waals surface area contributed by atoms with Crippen molar-refractivity contribution in [1.82, 2.24) is 15.0 Å². The first-order valence-electron chi connectivity index (χ1n) is 7.94. The molecule has 0 radical (unpaired) electrons. The molecule has 1 saturated heterocycles. The summed E-state index contributed by atoms with van der Waals surface area (Å²) in [5.41, 5.74) is 1.13. The van der Waals surface area contributed by atoms with Crippen LogP contribution in [0.4, 0.5) is 0 Å². The molecule has 1 fully saturated rings. The smallest absolute Gasteiger partial charge is 0.255 e. The van der Waals surface area contributed by atoms with Gasteiger partial charge in [0.25, 0.3) is 5.89 Å². The maximum Gasteiger partial charge on any atom is 0.255 e. The predicted molar refractivity (Wildman–Crippen MR) is 83.6 cm³/mol. The van der Waals surface area contributed by atoms with Crippen LogP contribution in [0.3, 0.4) is 0 Å². The lowest BCUT2D eigenvalue weighted by atomic mass is 10.1. The molecule has 0 saturated carbocycles. The molecule has 2 heterocycles. The van der Waals surface area contributed by atoms with Gasteiger partial charge in [-0.25, -0.2) is 0 Å². The van der Waals surface area contributed by atoms with E-state index in [2.05, 4.69) is 10.1 Å². The normalized spacial score (nSPS) is 19.3. The summed E-state index contributed by atoms with van der Waals surface area (Å²) in [5, 5.41) is 4.03. The van der Waals surface area contributed by atoms with Crippen LogP contribution < -0.4 is 0 Å². The van der Waals surface area contributed by atoms with Gasteiger partial charge in [-0.1, -0.05) is 35.5 Å². The van der Waals surface area contributed by atoms with Crippen LogP contribution in [0.1, 0.15) is 49.6 Å². The molecule has 2 aromatic rings. The summed E-state index contributed by atoms with van der Waals surface area (Å²) >= 11 is 0. The van der Waals surface area contributed by atoms with E-state index in [4.69, 9.17) is 9.26 Å². The monoisotopic (exact) mass is 315 g/mol. The highest BCUT2D eigenvalue weighted by Crippen LogP contribution is 2.28. The molecular formula is C17H21N3O3. The van der Waals surface area contributed by atoms with Crippen molar-refractivity contribution in [2.45, 2.75) is 38.8 Å². The number of nitrogens with zero attached hydrogens (tertiary/aromatic N) is 3. The van der Waals surface area contributed by atoms with Crippen molar-refractivity contribution < 1.29 is 14.1 Å². The van der Waals surface area contributed by atoms with Crippen LogP contribution >= 0.6 is 0 Å². The summed E-state index contributed by atoms with van der Waals surface area (Å²) in [6, 6.07) is 9.98. The number of carbonyl (C=O) groups excluding carboxylic acids is 1. The topological polar surface area (TPSA) is 68.5 Å². The third-order valence-electron chi connectivity index (χ3n) is 4.02. The minimum Gasteiger partial charge on any atom is -0.369 e. The first-order valence-corrected chi connectivity index (χ1v) is 7.94. The standard InChI is InChI=1S/C17H21N3O3/c1-3-22-12(2)17-18-16(19-23-17)14-9-15(21)20(11-14)10-13-7-5-4-6-8-13/h4-8,12,14H,3,9-11H2,1-2H3/t12-,14-/m1/s1. The van der Waals surface area contributed by atoms with E-state index in [-0.39, 0.29) is 17.9 Å². The van der Waals surface area contributed by atoms with Gasteiger partial charge in [-0.05, 0) is 19.4 Å². The zero-order valence-corrected chi connectivity index (χ0v) is 13.4. The third-order valence-corrected chi connectivity index (χ3v) is 4.02. The summed E-state index contributed by atoms with van der Waals surface area (Å²) in [6.07, 6.45) is 0.202. The molecule has 0 spiro atoms. The Morgan fingerprint density at radius 1 is 1.39 bits per heavy atom. The molecule has 0 unspecified atom stereocenters. The second-order valence-electron chi connectivity index (χ2n) is 5.75. The number of hydrogen-bond donors (Lipinski definition) is 0. The van der Waals surface area contributed by atoms with Gasteiger partial charge in [0, 0.05) is 32.0 Å². The number of amides is 1. The highest BCUT2D eigenvalue weighted by Gasteiger charge is 2.34. The third kappa shape index (κ3) is 3.59. The minimum atomic E-state index is -0.223. The van der Waals surface area contributed by atoms with E-state index in [1.807, 2.05) is 49.1 Å². The van der Waals surface area contributed by atoms with Crippen molar-refractivity contribution in [3.05, 3.63) is 47.6 Å². The Labute approximate surface area is 135 Å². The minimum absolute atomic E-state index is 0.0162. The highest BCUT2D eigenvalue weighted by atomic mass is 16.5. The van der Waals surface area contributed by atoms with Crippen LogP contribution in [-0.4, -0.2) is 34.1 Å². The Bertz CT molecular complexity index is 656. The summed E-state index contributed by atoms with van der Waals surface area (Å²) in [5.74, 6) is 1.17. The Morgan fingerprint density at radius 3 is 2.91 bits per heavy atom. The number of rotatable bonds is 6. The van der Waals surface area contributed by atoms with Gasteiger partial charge in [0.05, 0.1) is 0 Å². The number of aromatic nitrogens is 2. The Balaban J connectivity index is 1.65. The molecule has 2 atom stereocenters. The van der Waals surface area contributed by atoms with Gasteiger partial charge in [0.1, 0.15) is 6.10 Å². The Hall–Kier alpha value is -2.21. The van der Waals surface area contributed by atoms with Crippen LogP contribution in [-0.2, 0) is 16.1 Å². The van der Waals surface area contributed by atoms with Crippen molar-refractivity contribution in [1.29, 1.82) is 0 Å². The van der Waals surface area contributed by atoms with Crippen LogP contribution in [0.2, 0.25) is 0 Å². The van der Waals surface area contributed by atoms with Gasteiger partial charge in [-0.3, -0.25) is 4.79 Å². The van der Waals surface area contributed by atoms with Gasteiger partial charge < -0.3 is 14.2 Å². The second-order valence-corrected chi connectivity index (χ2v) is 5.75. The van der Waals surface area contributed by atoms with Crippen molar-refractivity contribution in [3.8, 4) is 0 Å². The first-order chi connectivity index (χ1) is 11.2. The molecule has 1 aliphatic rings. The summed E-state index contributed by atoms with van der Waals surface area (Å²) < 4.78 is 10.7. The Kier molecular flexibility index (Phi) is 4.71. The number of benzene rings is 1. The van der Waals surface area contributed by atoms with Crippen LogP contribution in [0.15, 0.2) is 34.9 Å². The zero-order valence-electron chi connectivity index (χ0n) is 13.4. The van der Waals surface area contributed by atoms with Crippen molar-refractivity contribution >= 4 is 5.91 Å². The molecule has 0 aliphatic carbocycles. The molecule has 122 valence electrons. The van der Waals surface area contributed by atoms with E-state index < -0.39 is 0 Å². The SMILES string of the molecule is CCO[C@H](C)c1nc([C@@H]2CC(=O)N(Cc3ccccc3)C2)no1. The van der Waals surface area contributed by atoms with E-state index in [0.717, 1.165) is 5.56 Å². The molecule has 23 heavy (non-hydrogen) atoms. The predicted octanol–water partition coefficient (Wildman–Crippen LogP) is 2.68. The Morgan fingerprint density at radius 2 is 2.17 bits per heavy atom. The number of hydrogen-bond acceptors (Lipinski definition) is 5. The molecule has 6 heteroatoms. The van der Waals surface area contributed by atoms with E-state index in [1.165, 1.54) is 0 Å². The van der Waals surface area contributed by atoms with Crippen LogP contribution in [0, 0.1) is 0 Å². The molecule has 1 amide bonds. The van der Waals surface area contributed by atoms with Gasteiger partial charge >= 0.3 is 0 Å².